The average molecular weight is 369 g/mol. The van der Waals surface area contributed by atoms with Gasteiger partial charge in [0.05, 0.1) is 0 Å². The molecule has 1 saturated heterocycles. The molecular formula is C18H19ClF2N2O2. The minimum Gasteiger partial charge on any atom is -0.457 e. The molecule has 25 heavy (non-hydrogen) atoms. The molecule has 2 aromatic carbocycles. The Morgan fingerprint density at radius 3 is 2.48 bits per heavy atom. The van der Waals surface area contributed by atoms with E-state index in [1.807, 2.05) is 0 Å². The Bertz CT molecular complexity index is 720. The van der Waals surface area contributed by atoms with E-state index in [0.29, 0.717) is 23.9 Å². The zero-order chi connectivity index (χ0) is 16.9. The molecule has 0 aromatic heterocycles. The fraction of sp³-hybridized carbons (Fsp3) is 0.278. The van der Waals surface area contributed by atoms with Crippen LogP contribution >= 0.6 is 12.4 Å². The van der Waals surface area contributed by atoms with Crippen molar-refractivity contribution in [3.05, 3.63) is 59.7 Å². The van der Waals surface area contributed by atoms with E-state index in [4.69, 9.17) is 4.74 Å². The summed E-state index contributed by atoms with van der Waals surface area (Å²) in [4.78, 5) is 12.1. The number of hydrogen-bond donors (Lipinski definition) is 2. The molecular weight excluding hydrogens is 350 g/mol. The van der Waals surface area contributed by atoms with Crippen molar-refractivity contribution in [1.82, 2.24) is 10.6 Å². The predicted molar refractivity (Wildman–Crippen MR) is 93.5 cm³/mol. The minimum atomic E-state index is -0.968. The van der Waals surface area contributed by atoms with Gasteiger partial charge in [0.25, 0.3) is 5.91 Å². The summed E-state index contributed by atoms with van der Waals surface area (Å²) in [6.45, 7) is 1.60. The zero-order valence-corrected chi connectivity index (χ0v) is 14.2. The number of carbonyl (C=O) groups is 1. The van der Waals surface area contributed by atoms with Gasteiger partial charge in [0.15, 0.2) is 11.6 Å². The molecule has 2 aromatic rings. The molecule has 1 unspecified atom stereocenters. The van der Waals surface area contributed by atoms with Gasteiger partial charge in [0.1, 0.15) is 11.5 Å². The summed E-state index contributed by atoms with van der Waals surface area (Å²) in [6, 6.07) is 10.2. The summed E-state index contributed by atoms with van der Waals surface area (Å²) in [5, 5.41) is 6.21. The number of benzene rings is 2. The van der Waals surface area contributed by atoms with Crippen molar-refractivity contribution in [3.63, 3.8) is 0 Å². The van der Waals surface area contributed by atoms with Crippen LogP contribution in [0.5, 0.6) is 11.5 Å². The zero-order valence-electron chi connectivity index (χ0n) is 13.4. The lowest BCUT2D eigenvalue weighted by atomic mass is 10.2. The third-order valence-electron chi connectivity index (χ3n) is 3.91. The second kappa shape index (κ2) is 8.78. The third-order valence-corrected chi connectivity index (χ3v) is 3.91. The number of rotatable bonds is 5. The molecule has 0 bridgehead atoms. The SMILES string of the molecule is Cl.O=C(NCC1CCCN1)c1ccc(Oc2ccc(F)c(F)c2)cc1. The molecule has 2 N–H and O–H groups in total. The lowest BCUT2D eigenvalue weighted by Crippen LogP contribution is -2.37. The van der Waals surface area contributed by atoms with Crippen LogP contribution in [0.1, 0.15) is 23.2 Å². The van der Waals surface area contributed by atoms with Crippen molar-refractivity contribution in [1.29, 1.82) is 0 Å². The molecule has 0 aliphatic carbocycles. The lowest BCUT2D eigenvalue weighted by Gasteiger charge is -2.12. The first-order chi connectivity index (χ1) is 11.6. The summed E-state index contributed by atoms with van der Waals surface area (Å²) in [5.41, 5.74) is 0.519. The molecule has 1 atom stereocenters. The van der Waals surface area contributed by atoms with Crippen LogP contribution in [-0.2, 0) is 0 Å². The van der Waals surface area contributed by atoms with Gasteiger partial charge in [0, 0.05) is 24.2 Å². The van der Waals surface area contributed by atoms with Gasteiger partial charge >= 0.3 is 0 Å². The van der Waals surface area contributed by atoms with Gasteiger partial charge in [-0.1, -0.05) is 0 Å². The number of ether oxygens (including phenoxy) is 1. The Morgan fingerprint density at radius 2 is 1.84 bits per heavy atom. The van der Waals surface area contributed by atoms with E-state index in [1.165, 1.54) is 6.07 Å². The van der Waals surface area contributed by atoms with Crippen molar-refractivity contribution in [2.24, 2.45) is 0 Å². The molecule has 134 valence electrons. The summed E-state index contributed by atoms with van der Waals surface area (Å²) in [6.07, 6.45) is 2.21. The average Bonchev–Trinajstić information content (AvgIpc) is 3.10. The molecule has 3 rings (SSSR count). The summed E-state index contributed by atoms with van der Waals surface area (Å²) >= 11 is 0. The van der Waals surface area contributed by atoms with Gasteiger partial charge in [-0.25, -0.2) is 8.78 Å². The number of carbonyl (C=O) groups excluding carboxylic acids is 1. The van der Waals surface area contributed by atoms with E-state index in [1.54, 1.807) is 24.3 Å². The number of halogens is 3. The van der Waals surface area contributed by atoms with E-state index in [2.05, 4.69) is 10.6 Å². The first-order valence-electron chi connectivity index (χ1n) is 7.86. The topological polar surface area (TPSA) is 50.4 Å². The normalized spacial score (nSPS) is 16.2. The molecule has 1 fully saturated rings. The molecule has 4 nitrogen and oxygen atoms in total. The highest BCUT2D eigenvalue weighted by molar-refractivity contribution is 5.94. The Kier molecular flexibility index (Phi) is 6.73. The van der Waals surface area contributed by atoms with E-state index in [9.17, 15) is 13.6 Å². The van der Waals surface area contributed by atoms with Crippen LogP contribution in [0.15, 0.2) is 42.5 Å². The minimum absolute atomic E-state index is 0. The van der Waals surface area contributed by atoms with Crippen LogP contribution < -0.4 is 15.4 Å². The van der Waals surface area contributed by atoms with Crippen molar-refractivity contribution in [3.8, 4) is 11.5 Å². The van der Waals surface area contributed by atoms with E-state index in [-0.39, 0.29) is 24.1 Å². The smallest absolute Gasteiger partial charge is 0.251 e. The van der Waals surface area contributed by atoms with Gasteiger partial charge in [-0.3, -0.25) is 4.79 Å². The van der Waals surface area contributed by atoms with Crippen LogP contribution in [0.3, 0.4) is 0 Å². The van der Waals surface area contributed by atoms with Gasteiger partial charge < -0.3 is 15.4 Å². The molecule has 1 heterocycles. The summed E-state index contributed by atoms with van der Waals surface area (Å²) in [7, 11) is 0. The maximum absolute atomic E-state index is 13.2. The monoisotopic (exact) mass is 368 g/mol. The Balaban J connectivity index is 0.00000225. The van der Waals surface area contributed by atoms with Crippen LogP contribution in [0.25, 0.3) is 0 Å². The molecule has 7 heteroatoms. The standard InChI is InChI=1S/C18H18F2N2O2.ClH/c19-16-8-7-15(10-17(16)20)24-14-5-3-12(4-6-14)18(23)22-11-13-2-1-9-21-13;/h3-8,10,13,21H,1-2,9,11H2,(H,22,23);1H. The number of nitrogens with one attached hydrogen (secondary N) is 2. The van der Waals surface area contributed by atoms with Crippen LogP contribution in [0, 0.1) is 11.6 Å². The van der Waals surface area contributed by atoms with Gasteiger partial charge in [0.2, 0.25) is 0 Å². The molecule has 0 spiro atoms. The van der Waals surface area contributed by atoms with Gasteiger partial charge in [-0.15, -0.1) is 12.4 Å². The van der Waals surface area contributed by atoms with Crippen molar-refractivity contribution >= 4 is 18.3 Å². The predicted octanol–water partition coefficient (Wildman–Crippen LogP) is 3.66. The molecule has 0 radical (unpaired) electrons. The highest BCUT2D eigenvalue weighted by atomic mass is 35.5. The Hall–Kier alpha value is -2.18. The van der Waals surface area contributed by atoms with Gasteiger partial charge in [-0.05, 0) is 55.8 Å². The van der Waals surface area contributed by atoms with Crippen molar-refractivity contribution < 1.29 is 18.3 Å². The van der Waals surface area contributed by atoms with E-state index < -0.39 is 11.6 Å². The van der Waals surface area contributed by atoms with Crippen LogP contribution in [0.2, 0.25) is 0 Å². The second-order valence-corrected chi connectivity index (χ2v) is 5.71. The first kappa shape index (κ1) is 19.1. The van der Waals surface area contributed by atoms with E-state index in [0.717, 1.165) is 31.5 Å². The fourth-order valence-corrected chi connectivity index (χ4v) is 2.60. The van der Waals surface area contributed by atoms with Crippen LogP contribution in [0.4, 0.5) is 8.78 Å². The summed E-state index contributed by atoms with van der Waals surface area (Å²) in [5.74, 6) is -1.41. The molecule has 1 aliphatic heterocycles. The van der Waals surface area contributed by atoms with E-state index >= 15 is 0 Å². The third kappa shape index (κ3) is 5.14. The molecule has 0 saturated carbocycles. The first-order valence-corrected chi connectivity index (χ1v) is 7.86. The van der Waals surface area contributed by atoms with Crippen LogP contribution in [-0.4, -0.2) is 25.0 Å². The highest BCUT2D eigenvalue weighted by Gasteiger charge is 2.15. The van der Waals surface area contributed by atoms with Crippen molar-refractivity contribution in [2.45, 2.75) is 18.9 Å². The van der Waals surface area contributed by atoms with Crippen molar-refractivity contribution in [2.75, 3.05) is 13.1 Å². The second-order valence-electron chi connectivity index (χ2n) is 5.71. The molecule has 1 amide bonds. The Labute approximate surface area is 151 Å². The quantitative estimate of drug-likeness (QED) is 0.846. The highest BCUT2D eigenvalue weighted by Crippen LogP contribution is 2.23. The van der Waals surface area contributed by atoms with Gasteiger partial charge in [-0.2, -0.15) is 0 Å². The number of amides is 1. The fourth-order valence-electron chi connectivity index (χ4n) is 2.60. The molecule has 1 aliphatic rings. The lowest BCUT2D eigenvalue weighted by molar-refractivity contribution is 0.0950. The summed E-state index contributed by atoms with van der Waals surface area (Å²) < 4.78 is 31.5. The largest absolute Gasteiger partial charge is 0.457 e. The Morgan fingerprint density at radius 1 is 1.12 bits per heavy atom. The maximum Gasteiger partial charge on any atom is 0.251 e. The maximum atomic E-state index is 13.2. The number of hydrogen-bond acceptors (Lipinski definition) is 3.